The zero-order valence-electron chi connectivity index (χ0n) is 11.0. The molecule has 4 nitrogen and oxygen atoms in total. The second kappa shape index (κ2) is 7.08. The summed E-state index contributed by atoms with van der Waals surface area (Å²) < 4.78 is 2.04. The Labute approximate surface area is 104 Å². The topological polar surface area (TPSA) is 53.6 Å². The van der Waals surface area contributed by atoms with E-state index in [0.717, 1.165) is 38.0 Å². The van der Waals surface area contributed by atoms with E-state index in [4.69, 9.17) is 5.26 Å². The Bertz CT molecular complexity index is 375. The Morgan fingerprint density at radius 3 is 2.71 bits per heavy atom. The molecule has 0 aliphatic rings. The maximum Gasteiger partial charge on any atom is 0.0970 e. The SMILES string of the molecule is CCNC(C#N)CCn1nc(CC)cc1CC. The molecule has 0 saturated heterocycles. The van der Waals surface area contributed by atoms with E-state index in [9.17, 15) is 0 Å². The molecule has 0 radical (unpaired) electrons. The van der Waals surface area contributed by atoms with Crippen molar-refractivity contribution in [2.24, 2.45) is 0 Å². The van der Waals surface area contributed by atoms with Crippen LogP contribution in [0.5, 0.6) is 0 Å². The molecule has 0 bridgehead atoms. The first-order chi connectivity index (χ1) is 8.24. The van der Waals surface area contributed by atoms with Crippen LogP contribution in [-0.4, -0.2) is 22.4 Å². The van der Waals surface area contributed by atoms with Gasteiger partial charge < -0.3 is 5.32 Å². The lowest BCUT2D eigenvalue weighted by molar-refractivity contribution is 0.489. The van der Waals surface area contributed by atoms with Gasteiger partial charge in [0.25, 0.3) is 0 Å². The third-order valence-corrected chi connectivity index (χ3v) is 2.87. The van der Waals surface area contributed by atoms with Gasteiger partial charge in [0.2, 0.25) is 0 Å². The van der Waals surface area contributed by atoms with Gasteiger partial charge in [0.1, 0.15) is 0 Å². The van der Waals surface area contributed by atoms with Crippen molar-refractivity contribution < 1.29 is 0 Å². The molecule has 1 heterocycles. The standard InChI is InChI=1S/C13H22N4/c1-4-11-9-13(5-2)17(16-11)8-7-12(10-14)15-6-3/h9,12,15H,4-8H2,1-3H3. The molecule has 0 aliphatic carbocycles. The number of nitrogens with zero attached hydrogens (tertiary/aromatic N) is 3. The monoisotopic (exact) mass is 234 g/mol. The fraction of sp³-hybridized carbons (Fsp3) is 0.692. The molecular weight excluding hydrogens is 212 g/mol. The summed E-state index contributed by atoms with van der Waals surface area (Å²) in [6, 6.07) is 4.37. The highest BCUT2D eigenvalue weighted by atomic mass is 15.3. The van der Waals surface area contributed by atoms with E-state index >= 15 is 0 Å². The van der Waals surface area contributed by atoms with Crippen LogP contribution in [0.3, 0.4) is 0 Å². The molecule has 0 amide bonds. The lowest BCUT2D eigenvalue weighted by Crippen LogP contribution is -2.28. The number of aromatic nitrogens is 2. The predicted molar refractivity (Wildman–Crippen MR) is 68.7 cm³/mol. The van der Waals surface area contributed by atoms with Gasteiger partial charge in [0.05, 0.1) is 17.8 Å². The summed E-state index contributed by atoms with van der Waals surface area (Å²) in [5.41, 5.74) is 2.40. The molecule has 1 N–H and O–H groups in total. The second-order valence-corrected chi connectivity index (χ2v) is 4.09. The summed E-state index contributed by atoms with van der Waals surface area (Å²) in [6.07, 6.45) is 2.77. The van der Waals surface area contributed by atoms with Crippen LogP contribution in [0.25, 0.3) is 0 Å². The van der Waals surface area contributed by atoms with Gasteiger partial charge in [-0.05, 0) is 31.9 Å². The molecule has 0 saturated carbocycles. The highest BCUT2D eigenvalue weighted by molar-refractivity contribution is 5.10. The van der Waals surface area contributed by atoms with E-state index in [1.165, 1.54) is 5.69 Å². The minimum absolute atomic E-state index is 0.0704. The molecule has 94 valence electrons. The number of hydrogen-bond donors (Lipinski definition) is 1. The third kappa shape index (κ3) is 3.86. The smallest absolute Gasteiger partial charge is 0.0970 e. The number of rotatable bonds is 7. The Morgan fingerprint density at radius 2 is 2.18 bits per heavy atom. The van der Waals surface area contributed by atoms with Crippen molar-refractivity contribution in [3.05, 3.63) is 17.5 Å². The normalized spacial score (nSPS) is 12.4. The van der Waals surface area contributed by atoms with Crippen LogP contribution >= 0.6 is 0 Å². The van der Waals surface area contributed by atoms with Gasteiger partial charge in [0, 0.05) is 12.2 Å². The second-order valence-electron chi connectivity index (χ2n) is 4.09. The molecular formula is C13H22N4. The zero-order chi connectivity index (χ0) is 12.7. The lowest BCUT2D eigenvalue weighted by Gasteiger charge is -2.11. The van der Waals surface area contributed by atoms with Gasteiger partial charge in [-0.2, -0.15) is 10.4 Å². The first-order valence-corrected chi connectivity index (χ1v) is 6.43. The molecule has 0 aromatic carbocycles. The average Bonchev–Trinajstić information content (AvgIpc) is 2.76. The van der Waals surface area contributed by atoms with Crippen LogP contribution in [0.2, 0.25) is 0 Å². The first-order valence-electron chi connectivity index (χ1n) is 6.43. The van der Waals surface area contributed by atoms with Crippen LogP contribution in [-0.2, 0) is 19.4 Å². The summed E-state index contributed by atoms with van der Waals surface area (Å²) in [5, 5.41) is 16.7. The number of nitriles is 1. The van der Waals surface area contributed by atoms with Gasteiger partial charge in [-0.3, -0.25) is 4.68 Å². The molecule has 0 aliphatic heterocycles. The summed E-state index contributed by atoms with van der Waals surface area (Å²) >= 11 is 0. The Morgan fingerprint density at radius 1 is 1.41 bits per heavy atom. The predicted octanol–water partition coefficient (Wildman–Crippen LogP) is 1.90. The van der Waals surface area contributed by atoms with E-state index in [2.05, 4.69) is 36.4 Å². The fourth-order valence-corrected chi connectivity index (χ4v) is 1.88. The van der Waals surface area contributed by atoms with Crippen LogP contribution in [0.1, 0.15) is 38.6 Å². The first kappa shape index (κ1) is 13.7. The van der Waals surface area contributed by atoms with Gasteiger partial charge in [-0.15, -0.1) is 0 Å². The molecule has 17 heavy (non-hydrogen) atoms. The van der Waals surface area contributed by atoms with Gasteiger partial charge in [0.15, 0.2) is 0 Å². The summed E-state index contributed by atoms with van der Waals surface area (Å²) in [6.45, 7) is 7.92. The Kier molecular flexibility index (Phi) is 5.71. The van der Waals surface area contributed by atoms with Crippen LogP contribution in [0.4, 0.5) is 0 Å². The molecule has 1 unspecified atom stereocenters. The Balaban J connectivity index is 2.61. The van der Waals surface area contributed by atoms with Crippen LogP contribution < -0.4 is 5.32 Å². The minimum Gasteiger partial charge on any atom is -0.302 e. The zero-order valence-corrected chi connectivity index (χ0v) is 11.0. The fourth-order valence-electron chi connectivity index (χ4n) is 1.88. The molecule has 1 rings (SSSR count). The highest BCUT2D eigenvalue weighted by Gasteiger charge is 2.09. The van der Waals surface area contributed by atoms with Crippen LogP contribution in [0, 0.1) is 11.3 Å². The number of nitrogens with one attached hydrogen (secondary N) is 1. The summed E-state index contributed by atoms with van der Waals surface area (Å²) in [4.78, 5) is 0. The molecule has 1 atom stereocenters. The van der Waals surface area contributed by atoms with Crippen molar-refractivity contribution in [1.29, 1.82) is 5.26 Å². The van der Waals surface area contributed by atoms with Gasteiger partial charge in [-0.25, -0.2) is 0 Å². The van der Waals surface area contributed by atoms with Gasteiger partial charge in [-0.1, -0.05) is 20.8 Å². The third-order valence-electron chi connectivity index (χ3n) is 2.87. The van der Waals surface area contributed by atoms with E-state index in [-0.39, 0.29) is 6.04 Å². The van der Waals surface area contributed by atoms with E-state index in [1.54, 1.807) is 0 Å². The van der Waals surface area contributed by atoms with Crippen LogP contribution in [0.15, 0.2) is 6.07 Å². The average molecular weight is 234 g/mol. The van der Waals surface area contributed by atoms with E-state index in [0.29, 0.717) is 0 Å². The van der Waals surface area contributed by atoms with Crippen molar-refractivity contribution in [2.45, 2.75) is 52.6 Å². The lowest BCUT2D eigenvalue weighted by atomic mass is 10.2. The van der Waals surface area contributed by atoms with E-state index in [1.807, 2.05) is 11.6 Å². The van der Waals surface area contributed by atoms with Crippen molar-refractivity contribution >= 4 is 0 Å². The molecule has 4 heteroatoms. The van der Waals surface area contributed by atoms with Crippen molar-refractivity contribution in [2.75, 3.05) is 6.54 Å². The maximum absolute atomic E-state index is 8.97. The number of aryl methyl sites for hydroxylation is 3. The molecule has 0 spiro atoms. The maximum atomic E-state index is 8.97. The molecule has 1 aromatic rings. The largest absolute Gasteiger partial charge is 0.302 e. The Hall–Kier alpha value is -1.34. The van der Waals surface area contributed by atoms with Gasteiger partial charge >= 0.3 is 0 Å². The van der Waals surface area contributed by atoms with Crippen molar-refractivity contribution in [3.63, 3.8) is 0 Å². The summed E-state index contributed by atoms with van der Waals surface area (Å²) in [5.74, 6) is 0. The quantitative estimate of drug-likeness (QED) is 0.784. The van der Waals surface area contributed by atoms with E-state index < -0.39 is 0 Å². The summed E-state index contributed by atoms with van der Waals surface area (Å²) in [7, 11) is 0. The highest BCUT2D eigenvalue weighted by Crippen LogP contribution is 2.08. The van der Waals surface area contributed by atoms with Crippen molar-refractivity contribution in [3.8, 4) is 6.07 Å². The number of hydrogen-bond acceptors (Lipinski definition) is 3. The molecule has 0 fully saturated rings. The van der Waals surface area contributed by atoms with Crippen molar-refractivity contribution in [1.82, 2.24) is 15.1 Å². The minimum atomic E-state index is -0.0704. The molecule has 1 aromatic heterocycles.